The molecule has 3 heteroatoms. The van der Waals surface area contributed by atoms with Gasteiger partial charge in [0.05, 0.1) is 12.8 Å². The van der Waals surface area contributed by atoms with Crippen molar-refractivity contribution in [2.75, 3.05) is 13.1 Å². The third-order valence-electron chi connectivity index (χ3n) is 3.36. The number of Topliss-reactive ketones (excluding diaryl/α,β-unsaturated/α-hetero) is 1. The number of hydrogen-bond acceptors (Lipinski definition) is 3. The van der Waals surface area contributed by atoms with Gasteiger partial charge in [-0.25, -0.2) is 0 Å². The number of nitrogens with zero attached hydrogens (tertiary/aromatic N) is 1. The van der Waals surface area contributed by atoms with E-state index in [9.17, 15) is 4.79 Å². The molecule has 2 rings (SSSR count). The maximum atomic E-state index is 11.9. The Morgan fingerprint density at radius 2 is 2.44 bits per heavy atom. The summed E-state index contributed by atoms with van der Waals surface area (Å²) in [7, 11) is 0. The molecule has 0 aromatic carbocycles. The summed E-state index contributed by atoms with van der Waals surface area (Å²) in [5, 5.41) is 0. The highest BCUT2D eigenvalue weighted by molar-refractivity contribution is 5.95. The summed E-state index contributed by atoms with van der Waals surface area (Å²) in [6.45, 7) is 3.75. The van der Waals surface area contributed by atoms with Gasteiger partial charge in [-0.05, 0) is 37.9 Å². The molecule has 0 aliphatic carbocycles. The molecule has 1 aliphatic rings. The van der Waals surface area contributed by atoms with E-state index in [0.717, 1.165) is 13.0 Å². The van der Waals surface area contributed by atoms with Crippen LogP contribution in [-0.2, 0) is 0 Å². The first kappa shape index (κ1) is 11.4. The van der Waals surface area contributed by atoms with Crippen molar-refractivity contribution in [3.05, 3.63) is 24.2 Å². The molecule has 1 aromatic heterocycles. The maximum Gasteiger partial charge on any atom is 0.211 e. The van der Waals surface area contributed by atoms with Crippen LogP contribution in [0.1, 0.15) is 43.2 Å². The van der Waals surface area contributed by atoms with Gasteiger partial charge in [0.25, 0.3) is 0 Å². The molecule has 0 spiro atoms. The van der Waals surface area contributed by atoms with Gasteiger partial charge in [-0.2, -0.15) is 0 Å². The number of ketones is 1. The van der Waals surface area contributed by atoms with Gasteiger partial charge in [0, 0.05) is 6.04 Å². The highest BCUT2D eigenvalue weighted by Gasteiger charge is 2.23. The van der Waals surface area contributed by atoms with Crippen LogP contribution < -0.4 is 0 Å². The average molecular weight is 221 g/mol. The highest BCUT2D eigenvalue weighted by Crippen LogP contribution is 2.19. The highest BCUT2D eigenvalue weighted by atomic mass is 16.3. The molecular weight excluding hydrogens is 202 g/mol. The van der Waals surface area contributed by atoms with Gasteiger partial charge in [0.1, 0.15) is 0 Å². The molecule has 1 fully saturated rings. The van der Waals surface area contributed by atoms with Gasteiger partial charge >= 0.3 is 0 Å². The molecule has 1 aliphatic heterocycles. The molecule has 0 bridgehead atoms. The normalized spacial score (nSPS) is 22.2. The van der Waals surface area contributed by atoms with Gasteiger partial charge in [-0.1, -0.05) is 13.3 Å². The number of carbonyl (C=O) groups excluding carboxylic acids is 1. The van der Waals surface area contributed by atoms with E-state index >= 15 is 0 Å². The first-order valence-corrected chi connectivity index (χ1v) is 6.12. The minimum absolute atomic E-state index is 0.102. The fourth-order valence-corrected chi connectivity index (χ4v) is 2.43. The number of hydrogen-bond donors (Lipinski definition) is 0. The molecule has 0 saturated carbocycles. The molecule has 0 amide bonds. The van der Waals surface area contributed by atoms with E-state index in [1.54, 1.807) is 18.4 Å². The number of carbonyl (C=O) groups is 1. The predicted molar refractivity (Wildman–Crippen MR) is 62.5 cm³/mol. The van der Waals surface area contributed by atoms with Crippen LogP contribution in [0.5, 0.6) is 0 Å². The van der Waals surface area contributed by atoms with E-state index in [2.05, 4.69) is 11.8 Å². The third-order valence-corrected chi connectivity index (χ3v) is 3.36. The Bertz CT molecular complexity index is 332. The van der Waals surface area contributed by atoms with Crippen molar-refractivity contribution < 1.29 is 9.21 Å². The van der Waals surface area contributed by atoms with Crippen molar-refractivity contribution in [3.63, 3.8) is 0 Å². The Morgan fingerprint density at radius 3 is 3.12 bits per heavy atom. The van der Waals surface area contributed by atoms with Crippen LogP contribution in [-0.4, -0.2) is 29.8 Å². The van der Waals surface area contributed by atoms with Gasteiger partial charge in [-0.3, -0.25) is 9.69 Å². The summed E-state index contributed by atoms with van der Waals surface area (Å²) in [6.07, 6.45) is 6.42. The summed E-state index contributed by atoms with van der Waals surface area (Å²) < 4.78 is 5.13. The van der Waals surface area contributed by atoms with E-state index in [-0.39, 0.29) is 5.78 Å². The lowest BCUT2D eigenvalue weighted by molar-refractivity contribution is 0.0812. The second-order valence-corrected chi connectivity index (χ2v) is 4.43. The number of likely N-dealkylation sites (tertiary alicyclic amines) is 1. The molecule has 3 nitrogen and oxygen atoms in total. The van der Waals surface area contributed by atoms with Crippen LogP contribution in [0.4, 0.5) is 0 Å². The SMILES string of the molecule is CC[C@@H]1CCCCN1CC(=O)c1ccco1. The van der Waals surface area contributed by atoms with Gasteiger partial charge < -0.3 is 4.42 Å². The van der Waals surface area contributed by atoms with Crippen molar-refractivity contribution >= 4 is 5.78 Å². The fourth-order valence-electron chi connectivity index (χ4n) is 2.43. The van der Waals surface area contributed by atoms with E-state index in [1.807, 2.05) is 0 Å². The van der Waals surface area contributed by atoms with E-state index in [1.165, 1.54) is 19.3 Å². The van der Waals surface area contributed by atoms with Crippen LogP contribution >= 0.6 is 0 Å². The van der Waals surface area contributed by atoms with E-state index < -0.39 is 0 Å². The molecule has 0 radical (unpaired) electrons. The molecule has 1 saturated heterocycles. The zero-order chi connectivity index (χ0) is 11.4. The van der Waals surface area contributed by atoms with E-state index in [4.69, 9.17) is 4.42 Å². The summed E-state index contributed by atoms with van der Waals surface area (Å²) in [5.74, 6) is 0.589. The van der Waals surface area contributed by atoms with Gasteiger partial charge in [0.2, 0.25) is 5.78 Å². The number of piperidine rings is 1. The zero-order valence-corrected chi connectivity index (χ0v) is 9.82. The van der Waals surface area contributed by atoms with Crippen LogP contribution in [0, 0.1) is 0 Å². The number of furan rings is 1. The zero-order valence-electron chi connectivity index (χ0n) is 9.82. The smallest absolute Gasteiger partial charge is 0.211 e. The minimum atomic E-state index is 0.102. The number of rotatable bonds is 4. The Morgan fingerprint density at radius 1 is 1.56 bits per heavy atom. The first-order chi connectivity index (χ1) is 7.81. The second kappa shape index (κ2) is 5.30. The summed E-state index contributed by atoms with van der Waals surface area (Å²) in [5.41, 5.74) is 0. The second-order valence-electron chi connectivity index (χ2n) is 4.43. The predicted octanol–water partition coefficient (Wildman–Crippen LogP) is 2.73. The molecule has 88 valence electrons. The van der Waals surface area contributed by atoms with E-state index in [0.29, 0.717) is 18.3 Å². The molecule has 0 N–H and O–H groups in total. The largest absolute Gasteiger partial charge is 0.461 e. The Balaban J connectivity index is 1.95. The van der Waals surface area contributed by atoms with Crippen molar-refractivity contribution in [2.24, 2.45) is 0 Å². The van der Waals surface area contributed by atoms with Gasteiger partial charge in [0.15, 0.2) is 5.76 Å². The topological polar surface area (TPSA) is 33.5 Å². The molecule has 1 atom stereocenters. The summed E-state index contributed by atoms with van der Waals surface area (Å²) in [6, 6.07) is 4.08. The molecule has 16 heavy (non-hydrogen) atoms. The quantitative estimate of drug-likeness (QED) is 0.733. The van der Waals surface area contributed by atoms with Crippen LogP contribution in [0.15, 0.2) is 22.8 Å². The third kappa shape index (κ3) is 2.53. The minimum Gasteiger partial charge on any atom is -0.461 e. The van der Waals surface area contributed by atoms with Crippen molar-refractivity contribution in [2.45, 2.75) is 38.6 Å². The molecule has 2 heterocycles. The Labute approximate surface area is 96.4 Å². The lowest BCUT2D eigenvalue weighted by Crippen LogP contribution is -2.42. The maximum absolute atomic E-state index is 11.9. The van der Waals surface area contributed by atoms with Crippen LogP contribution in [0.25, 0.3) is 0 Å². The van der Waals surface area contributed by atoms with Gasteiger partial charge in [-0.15, -0.1) is 0 Å². The standard InChI is InChI=1S/C13H19NO2/c1-2-11-6-3-4-8-14(11)10-12(15)13-7-5-9-16-13/h5,7,9,11H,2-4,6,8,10H2,1H3/t11-/m1/s1. The average Bonchev–Trinajstić information content (AvgIpc) is 2.83. The van der Waals surface area contributed by atoms with Crippen molar-refractivity contribution in [1.82, 2.24) is 4.90 Å². The summed E-state index contributed by atoms with van der Waals surface area (Å²) >= 11 is 0. The molecule has 0 unspecified atom stereocenters. The summed E-state index contributed by atoms with van der Waals surface area (Å²) in [4.78, 5) is 14.2. The fraction of sp³-hybridized carbons (Fsp3) is 0.615. The first-order valence-electron chi connectivity index (χ1n) is 6.12. The van der Waals surface area contributed by atoms with Crippen LogP contribution in [0.2, 0.25) is 0 Å². The molecule has 1 aromatic rings. The monoisotopic (exact) mass is 221 g/mol. The van der Waals surface area contributed by atoms with Crippen LogP contribution in [0.3, 0.4) is 0 Å². The Hall–Kier alpha value is -1.09. The van der Waals surface area contributed by atoms with Crippen molar-refractivity contribution in [3.8, 4) is 0 Å². The lowest BCUT2D eigenvalue weighted by atomic mass is 9.99. The van der Waals surface area contributed by atoms with Crippen molar-refractivity contribution in [1.29, 1.82) is 0 Å². The Kier molecular flexibility index (Phi) is 3.78. The molecular formula is C13H19NO2. The lowest BCUT2D eigenvalue weighted by Gasteiger charge is -2.34.